The second-order valence-corrected chi connectivity index (χ2v) is 5.20. The van der Waals surface area contributed by atoms with Gasteiger partial charge in [-0.3, -0.25) is 4.79 Å². The van der Waals surface area contributed by atoms with E-state index in [1.807, 2.05) is 0 Å². The number of nitrogens with zero attached hydrogens (tertiary/aromatic N) is 1. The van der Waals surface area contributed by atoms with Crippen LogP contribution < -0.4 is 0 Å². The largest absolute Gasteiger partial charge is 0.454 e. The van der Waals surface area contributed by atoms with Gasteiger partial charge in [0.25, 0.3) is 0 Å². The van der Waals surface area contributed by atoms with Crippen LogP contribution in [0.4, 0.5) is 0 Å². The van der Waals surface area contributed by atoms with Crippen LogP contribution in [-0.4, -0.2) is 24.1 Å². The van der Waals surface area contributed by atoms with Crippen molar-refractivity contribution in [3.8, 4) is 6.07 Å². The Morgan fingerprint density at radius 1 is 1.33 bits per heavy atom. The standard InChI is InChI=1S/C13H9Cl3N2O3/c1-6(18)7(4-17)10(19)5-21-13(20)11-8(14)2-3-9(15)12(11)16/h2-3,7,18H,5H2,1H3. The molecule has 8 heteroatoms. The molecule has 1 N–H and O–H groups in total. The first-order chi connectivity index (χ1) is 9.79. The van der Waals surface area contributed by atoms with Gasteiger partial charge in [-0.25, -0.2) is 4.79 Å². The number of carbonyl (C=O) groups excluding carboxylic acids is 2. The predicted octanol–water partition coefficient (Wildman–Crippen LogP) is 3.55. The number of hydrogen-bond acceptors (Lipinski definition) is 5. The first-order valence-corrected chi connectivity index (χ1v) is 6.71. The van der Waals surface area contributed by atoms with Crippen molar-refractivity contribution in [1.82, 2.24) is 0 Å². The topological polar surface area (TPSA) is 91.0 Å². The molecule has 0 amide bonds. The number of halogens is 3. The predicted molar refractivity (Wildman–Crippen MR) is 79.3 cm³/mol. The van der Waals surface area contributed by atoms with Gasteiger partial charge in [-0.05, 0) is 19.1 Å². The molecule has 0 saturated heterocycles. The molecule has 1 aromatic carbocycles. The molecule has 0 fully saturated rings. The second-order valence-electron chi connectivity index (χ2n) is 4.01. The average molecular weight is 348 g/mol. The van der Waals surface area contributed by atoms with Crippen LogP contribution in [-0.2, 0) is 9.53 Å². The molecule has 1 rings (SSSR count). The number of rotatable bonds is 5. The van der Waals surface area contributed by atoms with Crippen LogP contribution in [0.5, 0.6) is 0 Å². The highest BCUT2D eigenvalue weighted by atomic mass is 35.5. The summed E-state index contributed by atoms with van der Waals surface area (Å²) in [7, 11) is 0. The molecule has 0 aliphatic heterocycles. The molecule has 0 aliphatic carbocycles. The Kier molecular flexibility index (Phi) is 6.16. The van der Waals surface area contributed by atoms with Gasteiger partial charge in [0.05, 0.1) is 26.7 Å². The SMILES string of the molecule is CC(=N)C(C#N)C(=O)COC(=O)c1c(Cl)ccc(Cl)c1Cl. The van der Waals surface area contributed by atoms with Crippen LogP contribution in [0.25, 0.3) is 0 Å². The van der Waals surface area contributed by atoms with Gasteiger partial charge >= 0.3 is 5.97 Å². The van der Waals surface area contributed by atoms with Crippen molar-refractivity contribution in [3.05, 3.63) is 32.8 Å². The Labute approximate surface area is 135 Å². The van der Waals surface area contributed by atoms with Crippen LogP contribution in [0.15, 0.2) is 12.1 Å². The molecule has 0 aromatic heterocycles. The maximum Gasteiger partial charge on any atom is 0.341 e. The van der Waals surface area contributed by atoms with Gasteiger partial charge in [-0.1, -0.05) is 34.8 Å². The normalized spacial score (nSPS) is 11.4. The lowest BCUT2D eigenvalue weighted by molar-refractivity contribution is -0.122. The van der Waals surface area contributed by atoms with Crippen LogP contribution >= 0.6 is 34.8 Å². The van der Waals surface area contributed by atoms with Crippen molar-refractivity contribution in [2.75, 3.05) is 6.61 Å². The zero-order valence-electron chi connectivity index (χ0n) is 10.7. The number of benzene rings is 1. The Bertz CT molecular complexity index is 653. The number of nitriles is 1. The zero-order chi connectivity index (χ0) is 16.2. The minimum absolute atomic E-state index is 0.0296. The molecule has 1 atom stereocenters. The molecule has 5 nitrogen and oxygen atoms in total. The molecule has 0 spiro atoms. The van der Waals surface area contributed by atoms with E-state index < -0.39 is 24.3 Å². The minimum atomic E-state index is -1.25. The molecular weight excluding hydrogens is 339 g/mol. The summed E-state index contributed by atoms with van der Waals surface area (Å²) in [6.45, 7) is 0.658. The summed E-state index contributed by atoms with van der Waals surface area (Å²) in [5.41, 5.74) is -0.281. The number of ether oxygens (including phenoxy) is 1. The molecule has 0 saturated carbocycles. The summed E-state index contributed by atoms with van der Waals surface area (Å²) < 4.78 is 4.78. The van der Waals surface area contributed by atoms with Crippen molar-refractivity contribution < 1.29 is 14.3 Å². The van der Waals surface area contributed by atoms with E-state index in [2.05, 4.69) is 0 Å². The summed E-state index contributed by atoms with van der Waals surface area (Å²) in [6, 6.07) is 4.44. The van der Waals surface area contributed by atoms with Gasteiger partial charge in [-0.15, -0.1) is 0 Å². The van der Waals surface area contributed by atoms with Crippen LogP contribution in [0.2, 0.25) is 15.1 Å². The fraction of sp³-hybridized carbons (Fsp3) is 0.231. The molecule has 0 aliphatic rings. The van der Waals surface area contributed by atoms with Crippen molar-refractivity contribution in [1.29, 1.82) is 10.7 Å². The van der Waals surface area contributed by atoms with E-state index in [1.54, 1.807) is 6.07 Å². The van der Waals surface area contributed by atoms with Crippen LogP contribution in [0, 0.1) is 22.7 Å². The summed E-state index contributed by atoms with van der Waals surface area (Å²) in [5, 5.41) is 16.1. The number of esters is 1. The molecular formula is C13H9Cl3N2O3. The maximum atomic E-state index is 11.9. The van der Waals surface area contributed by atoms with Gasteiger partial charge in [0.15, 0.2) is 12.4 Å². The number of hydrogen-bond donors (Lipinski definition) is 1. The maximum absolute atomic E-state index is 11.9. The van der Waals surface area contributed by atoms with Crippen molar-refractivity contribution >= 4 is 52.3 Å². The van der Waals surface area contributed by atoms with Crippen LogP contribution in [0.3, 0.4) is 0 Å². The Hall–Kier alpha value is -1.61. The lowest BCUT2D eigenvalue weighted by Crippen LogP contribution is -2.25. The highest BCUT2D eigenvalue weighted by molar-refractivity contribution is 6.46. The van der Waals surface area contributed by atoms with E-state index >= 15 is 0 Å². The van der Waals surface area contributed by atoms with E-state index in [0.29, 0.717) is 0 Å². The molecule has 0 heterocycles. The van der Waals surface area contributed by atoms with Gasteiger partial charge < -0.3 is 10.1 Å². The van der Waals surface area contributed by atoms with E-state index in [0.717, 1.165) is 0 Å². The quantitative estimate of drug-likeness (QED) is 0.501. The number of Topliss-reactive ketones (excluding diaryl/α,β-unsaturated/α-hetero) is 1. The molecule has 0 radical (unpaired) electrons. The first-order valence-electron chi connectivity index (χ1n) is 5.57. The third-order valence-electron chi connectivity index (χ3n) is 2.48. The number of carbonyl (C=O) groups is 2. The van der Waals surface area contributed by atoms with E-state index in [-0.39, 0.29) is 26.3 Å². The van der Waals surface area contributed by atoms with E-state index in [1.165, 1.54) is 19.1 Å². The van der Waals surface area contributed by atoms with Crippen molar-refractivity contribution in [3.63, 3.8) is 0 Å². The summed E-state index contributed by atoms with van der Waals surface area (Å²) in [6.07, 6.45) is 0. The van der Waals surface area contributed by atoms with Crippen molar-refractivity contribution in [2.45, 2.75) is 6.92 Å². The molecule has 0 bridgehead atoms. The highest BCUT2D eigenvalue weighted by Gasteiger charge is 2.24. The summed E-state index contributed by atoms with van der Waals surface area (Å²) >= 11 is 17.5. The van der Waals surface area contributed by atoms with Crippen LogP contribution in [0.1, 0.15) is 17.3 Å². The van der Waals surface area contributed by atoms with Gasteiger partial charge in [0, 0.05) is 5.71 Å². The Morgan fingerprint density at radius 2 is 1.90 bits per heavy atom. The van der Waals surface area contributed by atoms with E-state index in [4.69, 9.17) is 50.2 Å². The fourth-order valence-electron chi connectivity index (χ4n) is 1.42. The number of ketones is 1. The summed E-state index contributed by atoms with van der Waals surface area (Å²) in [5.74, 6) is -2.88. The highest BCUT2D eigenvalue weighted by Crippen LogP contribution is 2.31. The summed E-state index contributed by atoms with van der Waals surface area (Å²) in [4.78, 5) is 23.5. The second kappa shape index (κ2) is 7.41. The third kappa shape index (κ3) is 4.18. The van der Waals surface area contributed by atoms with E-state index in [9.17, 15) is 9.59 Å². The van der Waals surface area contributed by atoms with Gasteiger partial charge in [-0.2, -0.15) is 5.26 Å². The lowest BCUT2D eigenvalue weighted by atomic mass is 10.0. The molecule has 21 heavy (non-hydrogen) atoms. The van der Waals surface area contributed by atoms with Gasteiger partial charge in [0.1, 0.15) is 5.92 Å². The smallest absolute Gasteiger partial charge is 0.341 e. The molecule has 110 valence electrons. The fourth-order valence-corrected chi connectivity index (χ4v) is 2.10. The minimum Gasteiger partial charge on any atom is -0.454 e. The Morgan fingerprint density at radius 3 is 2.43 bits per heavy atom. The van der Waals surface area contributed by atoms with Gasteiger partial charge in [0.2, 0.25) is 0 Å². The number of nitrogens with one attached hydrogen (secondary N) is 1. The Balaban J connectivity index is 2.85. The zero-order valence-corrected chi connectivity index (χ0v) is 13.0. The lowest BCUT2D eigenvalue weighted by Gasteiger charge is -2.10. The van der Waals surface area contributed by atoms with Crippen molar-refractivity contribution in [2.24, 2.45) is 5.92 Å². The molecule has 1 aromatic rings. The monoisotopic (exact) mass is 346 g/mol. The molecule has 1 unspecified atom stereocenters. The third-order valence-corrected chi connectivity index (χ3v) is 3.60. The average Bonchev–Trinajstić information content (AvgIpc) is 2.41. The first kappa shape index (κ1) is 17.4.